The van der Waals surface area contributed by atoms with Crippen LogP contribution in [-0.4, -0.2) is 14.5 Å². The van der Waals surface area contributed by atoms with Crippen molar-refractivity contribution in [1.29, 1.82) is 0 Å². The van der Waals surface area contributed by atoms with Crippen LogP contribution in [0.3, 0.4) is 0 Å². The second-order valence-corrected chi connectivity index (χ2v) is 5.04. The Morgan fingerprint density at radius 3 is 2.50 bits per heavy atom. The Kier molecular flexibility index (Phi) is 3.16. The summed E-state index contributed by atoms with van der Waals surface area (Å²) >= 11 is 0. The average Bonchev–Trinajstić information content (AvgIpc) is 2.75. The van der Waals surface area contributed by atoms with Crippen LogP contribution in [-0.2, 0) is 13.2 Å². The van der Waals surface area contributed by atoms with Gasteiger partial charge in [0.1, 0.15) is 17.2 Å². The van der Waals surface area contributed by atoms with Gasteiger partial charge in [0.05, 0.1) is 11.1 Å². The first-order valence-corrected chi connectivity index (χ1v) is 6.43. The SMILES string of the molecule is Cc1ccc(-c2nc3cc(C(F)(F)F)cnc3n2C)c(F)c1. The molecule has 7 heteroatoms. The lowest BCUT2D eigenvalue weighted by Gasteiger charge is -2.05. The molecule has 0 aliphatic carbocycles. The molecule has 22 heavy (non-hydrogen) atoms. The van der Waals surface area contributed by atoms with Gasteiger partial charge in [-0.2, -0.15) is 13.2 Å². The Bertz CT molecular complexity index is 865. The second-order valence-electron chi connectivity index (χ2n) is 5.04. The monoisotopic (exact) mass is 309 g/mol. The van der Waals surface area contributed by atoms with E-state index in [0.717, 1.165) is 17.8 Å². The quantitative estimate of drug-likeness (QED) is 0.634. The van der Waals surface area contributed by atoms with Crippen molar-refractivity contribution in [2.24, 2.45) is 7.05 Å². The minimum Gasteiger partial charge on any atom is -0.312 e. The smallest absolute Gasteiger partial charge is 0.312 e. The zero-order chi connectivity index (χ0) is 16.1. The van der Waals surface area contributed by atoms with E-state index < -0.39 is 17.6 Å². The first-order chi connectivity index (χ1) is 10.3. The molecule has 0 aliphatic rings. The summed E-state index contributed by atoms with van der Waals surface area (Å²) < 4.78 is 53.7. The van der Waals surface area contributed by atoms with E-state index >= 15 is 0 Å². The molecule has 0 radical (unpaired) electrons. The maximum absolute atomic E-state index is 14.1. The van der Waals surface area contributed by atoms with Gasteiger partial charge in [-0.1, -0.05) is 6.07 Å². The molecule has 3 rings (SSSR count). The zero-order valence-corrected chi connectivity index (χ0v) is 11.7. The standard InChI is InChI=1S/C15H11F4N3/c1-8-3-4-10(11(16)5-8)13-21-12-6-9(15(17,18)19)7-20-14(12)22(13)2/h3-7H,1-2H3. The molecule has 2 aromatic heterocycles. The number of hydrogen-bond donors (Lipinski definition) is 0. The second kappa shape index (κ2) is 4.79. The van der Waals surface area contributed by atoms with Crippen LogP contribution in [0.15, 0.2) is 30.5 Å². The predicted molar refractivity (Wildman–Crippen MR) is 73.6 cm³/mol. The number of aromatic nitrogens is 3. The summed E-state index contributed by atoms with van der Waals surface area (Å²) in [4.78, 5) is 7.91. The van der Waals surface area contributed by atoms with Gasteiger partial charge in [0.15, 0.2) is 5.65 Å². The van der Waals surface area contributed by atoms with Crippen molar-refractivity contribution < 1.29 is 17.6 Å². The van der Waals surface area contributed by atoms with Crippen LogP contribution in [0.5, 0.6) is 0 Å². The molecule has 3 nitrogen and oxygen atoms in total. The van der Waals surface area contributed by atoms with Crippen LogP contribution in [0, 0.1) is 12.7 Å². The van der Waals surface area contributed by atoms with Crippen LogP contribution in [0.4, 0.5) is 17.6 Å². The molecule has 0 aliphatic heterocycles. The van der Waals surface area contributed by atoms with Gasteiger partial charge in [-0.25, -0.2) is 14.4 Å². The van der Waals surface area contributed by atoms with E-state index in [1.165, 1.54) is 10.6 Å². The molecule has 0 saturated carbocycles. The van der Waals surface area contributed by atoms with E-state index in [1.807, 2.05) is 0 Å². The molecule has 0 atom stereocenters. The fourth-order valence-electron chi connectivity index (χ4n) is 2.27. The topological polar surface area (TPSA) is 30.7 Å². The third kappa shape index (κ3) is 2.32. The van der Waals surface area contributed by atoms with Gasteiger partial charge in [0, 0.05) is 13.2 Å². The Balaban J connectivity index is 2.21. The minimum absolute atomic E-state index is 0.0762. The number of pyridine rings is 1. The van der Waals surface area contributed by atoms with E-state index in [0.29, 0.717) is 0 Å². The van der Waals surface area contributed by atoms with E-state index in [2.05, 4.69) is 9.97 Å². The number of benzene rings is 1. The van der Waals surface area contributed by atoms with E-state index in [4.69, 9.17) is 0 Å². The first kappa shape index (κ1) is 14.5. The van der Waals surface area contributed by atoms with Crippen LogP contribution in [0.2, 0.25) is 0 Å². The van der Waals surface area contributed by atoms with Crippen molar-refractivity contribution in [2.75, 3.05) is 0 Å². The fourth-order valence-corrected chi connectivity index (χ4v) is 2.27. The molecule has 0 unspecified atom stereocenters. The van der Waals surface area contributed by atoms with Crippen molar-refractivity contribution in [2.45, 2.75) is 13.1 Å². The van der Waals surface area contributed by atoms with Crippen molar-refractivity contribution in [3.05, 3.63) is 47.4 Å². The molecule has 0 fully saturated rings. The number of rotatable bonds is 1. The highest BCUT2D eigenvalue weighted by Gasteiger charge is 2.31. The summed E-state index contributed by atoms with van der Waals surface area (Å²) in [5, 5.41) is 0. The molecule has 0 saturated heterocycles. The van der Waals surface area contributed by atoms with Crippen molar-refractivity contribution in [3.63, 3.8) is 0 Å². The van der Waals surface area contributed by atoms with E-state index in [-0.39, 0.29) is 22.6 Å². The summed E-state index contributed by atoms with van der Waals surface area (Å²) in [6, 6.07) is 5.53. The van der Waals surface area contributed by atoms with Gasteiger partial charge >= 0.3 is 6.18 Å². The largest absolute Gasteiger partial charge is 0.417 e. The molecule has 0 N–H and O–H groups in total. The molecule has 3 aromatic rings. The summed E-state index contributed by atoms with van der Waals surface area (Å²) in [6.07, 6.45) is -3.74. The average molecular weight is 309 g/mol. The highest BCUT2D eigenvalue weighted by Crippen LogP contribution is 2.32. The fraction of sp³-hybridized carbons (Fsp3) is 0.200. The van der Waals surface area contributed by atoms with Crippen molar-refractivity contribution in [1.82, 2.24) is 14.5 Å². The van der Waals surface area contributed by atoms with E-state index in [1.54, 1.807) is 26.1 Å². The number of aryl methyl sites for hydroxylation is 2. The molecule has 0 amide bonds. The van der Waals surface area contributed by atoms with Gasteiger partial charge in [-0.05, 0) is 30.7 Å². The van der Waals surface area contributed by atoms with E-state index in [9.17, 15) is 17.6 Å². The van der Waals surface area contributed by atoms with Gasteiger partial charge in [-0.15, -0.1) is 0 Å². The number of imidazole rings is 1. The van der Waals surface area contributed by atoms with Crippen LogP contribution in [0.25, 0.3) is 22.6 Å². The predicted octanol–water partition coefficient (Wildman–Crippen LogP) is 4.10. The molecule has 114 valence electrons. The summed E-state index contributed by atoms with van der Waals surface area (Å²) in [5.41, 5.74) is 0.432. The van der Waals surface area contributed by atoms with Crippen LogP contribution in [0.1, 0.15) is 11.1 Å². The molecular formula is C15H11F4N3. The highest BCUT2D eigenvalue weighted by molar-refractivity contribution is 5.77. The number of hydrogen-bond acceptors (Lipinski definition) is 2. The number of halogens is 4. The molecular weight excluding hydrogens is 298 g/mol. The first-order valence-electron chi connectivity index (χ1n) is 6.43. The maximum Gasteiger partial charge on any atom is 0.417 e. The lowest BCUT2D eigenvalue weighted by molar-refractivity contribution is -0.137. The van der Waals surface area contributed by atoms with Crippen molar-refractivity contribution in [3.8, 4) is 11.4 Å². The molecule has 0 spiro atoms. The maximum atomic E-state index is 14.1. The Morgan fingerprint density at radius 2 is 1.86 bits per heavy atom. The number of alkyl halides is 3. The van der Waals surface area contributed by atoms with Crippen LogP contribution >= 0.6 is 0 Å². The molecule has 0 bridgehead atoms. The third-order valence-corrected chi connectivity index (χ3v) is 3.40. The van der Waals surface area contributed by atoms with Gasteiger partial charge in [0.25, 0.3) is 0 Å². The van der Waals surface area contributed by atoms with Gasteiger partial charge in [0.2, 0.25) is 0 Å². The lowest BCUT2D eigenvalue weighted by Crippen LogP contribution is -2.05. The molecule has 1 aromatic carbocycles. The molecule has 2 heterocycles. The van der Waals surface area contributed by atoms with Crippen LogP contribution < -0.4 is 0 Å². The Labute approximate surface area is 123 Å². The zero-order valence-electron chi connectivity index (χ0n) is 11.7. The Hall–Kier alpha value is -2.44. The normalized spacial score (nSPS) is 12.1. The third-order valence-electron chi connectivity index (χ3n) is 3.40. The number of fused-ring (bicyclic) bond motifs is 1. The van der Waals surface area contributed by atoms with Crippen molar-refractivity contribution >= 4 is 11.2 Å². The highest BCUT2D eigenvalue weighted by atomic mass is 19.4. The van der Waals surface area contributed by atoms with Gasteiger partial charge in [-0.3, -0.25) is 0 Å². The Morgan fingerprint density at radius 1 is 1.14 bits per heavy atom. The summed E-state index contributed by atoms with van der Waals surface area (Å²) in [5.74, 6) is -0.242. The van der Waals surface area contributed by atoms with Gasteiger partial charge < -0.3 is 4.57 Å². The number of nitrogens with zero attached hydrogens (tertiary/aromatic N) is 3. The summed E-state index contributed by atoms with van der Waals surface area (Å²) in [7, 11) is 1.59. The summed E-state index contributed by atoms with van der Waals surface area (Å²) in [6.45, 7) is 1.75. The lowest BCUT2D eigenvalue weighted by atomic mass is 10.1. The minimum atomic E-state index is -4.49.